The highest BCUT2D eigenvalue weighted by molar-refractivity contribution is 7.92. The molecule has 0 heterocycles. The summed E-state index contributed by atoms with van der Waals surface area (Å²) in [7, 11) is -5.06. The van der Waals surface area contributed by atoms with Gasteiger partial charge in [0.05, 0.1) is 0 Å². The summed E-state index contributed by atoms with van der Waals surface area (Å²) in [5.74, 6) is 0. The number of halogens is 1. The quantitative estimate of drug-likeness (QED) is 0.719. The fourth-order valence-electron chi connectivity index (χ4n) is 1.58. The molecule has 0 radical (unpaired) electrons. The fourth-order valence-corrected chi connectivity index (χ4v) is 4.32. The van der Waals surface area contributed by atoms with Crippen molar-refractivity contribution < 1.29 is 16.8 Å². The monoisotopic (exact) mass is 371 g/mol. The van der Waals surface area contributed by atoms with E-state index in [0.717, 1.165) is 4.31 Å². The molecule has 0 saturated heterocycles. The van der Waals surface area contributed by atoms with Crippen LogP contribution in [0.4, 0.5) is 0 Å². The lowest BCUT2D eigenvalue weighted by molar-refractivity contribution is 0.516. The van der Waals surface area contributed by atoms with Crippen LogP contribution in [0.5, 0.6) is 0 Å². The van der Waals surface area contributed by atoms with Crippen LogP contribution < -0.4 is 10.5 Å². The third-order valence-electron chi connectivity index (χ3n) is 2.79. The Bertz CT molecular complexity index is 688. The van der Waals surface area contributed by atoms with Crippen molar-refractivity contribution in [2.24, 2.45) is 5.73 Å². The molecule has 7 nitrogen and oxygen atoms in total. The smallest absolute Gasteiger partial charge is 0.243 e. The zero-order valence-corrected chi connectivity index (χ0v) is 15.1. The van der Waals surface area contributed by atoms with Crippen molar-refractivity contribution in [2.45, 2.75) is 29.2 Å². The van der Waals surface area contributed by atoms with Gasteiger partial charge in [0, 0.05) is 26.7 Å². The van der Waals surface area contributed by atoms with Crippen molar-refractivity contribution in [3.05, 3.63) is 24.3 Å². The van der Waals surface area contributed by atoms with Crippen molar-refractivity contribution >= 4 is 32.5 Å². The molecular formula is C12H22ClN3O4S2. The molecule has 22 heavy (non-hydrogen) atoms. The molecule has 1 rings (SSSR count). The van der Waals surface area contributed by atoms with Crippen LogP contribution >= 0.6 is 12.4 Å². The Labute approximate surface area is 138 Å². The van der Waals surface area contributed by atoms with Gasteiger partial charge in [-0.2, -0.15) is 0 Å². The molecule has 0 spiro atoms. The normalized spacial score (nSPS) is 13.7. The van der Waals surface area contributed by atoms with E-state index in [0.29, 0.717) is 6.42 Å². The van der Waals surface area contributed by atoms with Crippen LogP contribution in [-0.2, 0) is 20.0 Å². The second kappa shape index (κ2) is 8.23. The molecule has 1 atom stereocenters. The number of sulfonamides is 2. The Morgan fingerprint density at radius 1 is 1.14 bits per heavy atom. The molecule has 0 aliphatic rings. The second-order valence-electron chi connectivity index (χ2n) is 4.90. The highest BCUT2D eigenvalue weighted by atomic mass is 35.5. The zero-order chi connectivity index (χ0) is 16.3. The average molecular weight is 372 g/mol. The summed E-state index contributed by atoms with van der Waals surface area (Å²) in [6.45, 7) is 1.91. The van der Waals surface area contributed by atoms with Crippen LogP contribution in [0.15, 0.2) is 34.1 Å². The van der Waals surface area contributed by atoms with E-state index in [2.05, 4.69) is 4.72 Å². The van der Waals surface area contributed by atoms with E-state index in [9.17, 15) is 16.8 Å². The van der Waals surface area contributed by atoms with Crippen LogP contribution in [0.3, 0.4) is 0 Å². The number of hydrogen-bond acceptors (Lipinski definition) is 5. The SMILES string of the molecule is CC(N)CCNS(=O)(=O)c1ccccc1S(=O)(=O)N(C)C.Cl. The topological polar surface area (TPSA) is 110 Å². The lowest BCUT2D eigenvalue weighted by Crippen LogP contribution is -2.31. The molecule has 0 amide bonds. The number of benzene rings is 1. The van der Waals surface area contributed by atoms with Gasteiger partial charge in [0.15, 0.2) is 0 Å². The number of rotatable bonds is 7. The second-order valence-corrected chi connectivity index (χ2v) is 8.75. The van der Waals surface area contributed by atoms with Gasteiger partial charge in [-0.3, -0.25) is 0 Å². The molecular weight excluding hydrogens is 350 g/mol. The van der Waals surface area contributed by atoms with Gasteiger partial charge in [0.2, 0.25) is 20.0 Å². The predicted octanol–water partition coefficient (Wildman–Crippen LogP) is 0.374. The van der Waals surface area contributed by atoms with Gasteiger partial charge >= 0.3 is 0 Å². The van der Waals surface area contributed by atoms with Gasteiger partial charge < -0.3 is 5.73 Å². The molecule has 0 aliphatic heterocycles. The minimum atomic E-state index is -3.91. The minimum Gasteiger partial charge on any atom is -0.328 e. The van der Waals surface area contributed by atoms with Gasteiger partial charge in [0.1, 0.15) is 9.79 Å². The van der Waals surface area contributed by atoms with Crippen molar-refractivity contribution in [1.29, 1.82) is 0 Å². The number of nitrogens with zero attached hydrogens (tertiary/aromatic N) is 1. The van der Waals surface area contributed by atoms with Crippen molar-refractivity contribution in [3.63, 3.8) is 0 Å². The molecule has 1 unspecified atom stereocenters. The molecule has 1 aromatic carbocycles. The maximum Gasteiger partial charge on any atom is 0.243 e. The Morgan fingerprint density at radius 2 is 1.64 bits per heavy atom. The molecule has 0 bridgehead atoms. The number of nitrogens with one attached hydrogen (secondary N) is 1. The molecule has 0 saturated carbocycles. The van der Waals surface area contributed by atoms with E-state index in [1.807, 2.05) is 0 Å². The Hall–Kier alpha value is -0.710. The largest absolute Gasteiger partial charge is 0.328 e. The first-order valence-electron chi connectivity index (χ1n) is 6.36. The molecule has 0 aromatic heterocycles. The summed E-state index contributed by atoms with van der Waals surface area (Å²) >= 11 is 0. The van der Waals surface area contributed by atoms with E-state index in [1.165, 1.54) is 38.4 Å². The van der Waals surface area contributed by atoms with Gasteiger partial charge in [-0.25, -0.2) is 25.9 Å². The summed E-state index contributed by atoms with van der Waals surface area (Å²) in [6, 6.07) is 5.36. The first-order chi connectivity index (χ1) is 9.59. The van der Waals surface area contributed by atoms with E-state index in [4.69, 9.17) is 5.73 Å². The molecule has 0 aliphatic carbocycles. The van der Waals surface area contributed by atoms with Crippen molar-refractivity contribution in [2.75, 3.05) is 20.6 Å². The summed E-state index contributed by atoms with van der Waals surface area (Å²) in [4.78, 5) is -0.508. The molecule has 0 fully saturated rings. The third-order valence-corrected chi connectivity index (χ3v) is 6.31. The van der Waals surface area contributed by atoms with E-state index >= 15 is 0 Å². The van der Waals surface area contributed by atoms with Crippen LogP contribution in [0.25, 0.3) is 0 Å². The van der Waals surface area contributed by atoms with Gasteiger partial charge in [-0.15, -0.1) is 12.4 Å². The molecule has 1 aromatic rings. The zero-order valence-electron chi connectivity index (χ0n) is 12.7. The first-order valence-corrected chi connectivity index (χ1v) is 9.28. The van der Waals surface area contributed by atoms with Crippen molar-refractivity contribution in [3.8, 4) is 0 Å². The van der Waals surface area contributed by atoms with E-state index in [1.54, 1.807) is 6.92 Å². The number of nitrogens with two attached hydrogens (primary N) is 1. The predicted molar refractivity (Wildman–Crippen MR) is 88.0 cm³/mol. The third kappa shape index (κ3) is 5.18. The van der Waals surface area contributed by atoms with Crippen LogP contribution in [0.1, 0.15) is 13.3 Å². The average Bonchev–Trinajstić information content (AvgIpc) is 2.37. The maximum atomic E-state index is 12.3. The van der Waals surface area contributed by atoms with Gasteiger partial charge in [0.25, 0.3) is 0 Å². The van der Waals surface area contributed by atoms with Crippen molar-refractivity contribution in [1.82, 2.24) is 9.03 Å². The van der Waals surface area contributed by atoms with Gasteiger partial charge in [-0.05, 0) is 25.5 Å². The van der Waals surface area contributed by atoms with Crippen LogP contribution in [0.2, 0.25) is 0 Å². The Kier molecular flexibility index (Phi) is 7.96. The number of hydrogen-bond donors (Lipinski definition) is 2. The Morgan fingerprint density at radius 3 is 2.09 bits per heavy atom. The van der Waals surface area contributed by atoms with Gasteiger partial charge in [-0.1, -0.05) is 12.1 Å². The van der Waals surface area contributed by atoms with Crippen LogP contribution in [-0.4, -0.2) is 47.8 Å². The highest BCUT2D eigenvalue weighted by Crippen LogP contribution is 2.22. The van der Waals surface area contributed by atoms with E-state index < -0.39 is 20.0 Å². The lowest BCUT2D eigenvalue weighted by Gasteiger charge is -2.15. The molecule has 10 heteroatoms. The standard InChI is InChI=1S/C12H21N3O4S2.ClH/c1-10(13)8-9-14-20(16,17)11-6-4-5-7-12(11)21(18,19)15(2)3;/h4-7,10,14H,8-9,13H2,1-3H3;1H. The Balaban J connectivity index is 0.00000441. The first kappa shape index (κ1) is 21.3. The van der Waals surface area contributed by atoms with E-state index in [-0.39, 0.29) is 34.8 Å². The maximum absolute atomic E-state index is 12.3. The molecule has 3 N–H and O–H groups in total. The molecule has 128 valence electrons. The minimum absolute atomic E-state index is 0. The van der Waals surface area contributed by atoms with Crippen LogP contribution in [0, 0.1) is 0 Å². The lowest BCUT2D eigenvalue weighted by atomic mass is 10.3. The highest BCUT2D eigenvalue weighted by Gasteiger charge is 2.27. The summed E-state index contributed by atoms with van der Waals surface area (Å²) in [6.07, 6.45) is 0.460. The summed E-state index contributed by atoms with van der Waals surface area (Å²) < 4.78 is 52.3. The fraction of sp³-hybridized carbons (Fsp3) is 0.500. The summed E-state index contributed by atoms with van der Waals surface area (Å²) in [5, 5.41) is 0. The summed E-state index contributed by atoms with van der Waals surface area (Å²) in [5.41, 5.74) is 5.56.